The van der Waals surface area contributed by atoms with Crippen molar-refractivity contribution in [3.63, 3.8) is 0 Å². The molecule has 0 radical (unpaired) electrons. The van der Waals surface area contributed by atoms with E-state index in [0.717, 1.165) is 22.9 Å². The van der Waals surface area contributed by atoms with Crippen molar-refractivity contribution in [2.45, 2.75) is 18.4 Å². The number of aromatic amines is 1. The Morgan fingerprint density at radius 1 is 1.05 bits per heavy atom. The van der Waals surface area contributed by atoms with Crippen LogP contribution in [0.5, 0.6) is 0 Å². The van der Waals surface area contributed by atoms with E-state index in [1.165, 1.54) is 5.56 Å². The maximum absolute atomic E-state index is 12.5. The molecule has 1 amide bonds. The van der Waals surface area contributed by atoms with Crippen LogP contribution in [0.2, 0.25) is 0 Å². The zero-order valence-electron chi connectivity index (χ0n) is 11.5. The fraction of sp³-hybridized carbons (Fsp3) is 0.167. The van der Waals surface area contributed by atoms with E-state index in [-0.39, 0.29) is 11.9 Å². The van der Waals surface area contributed by atoms with Crippen LogP contribution in [-0.2, 0) is 0 Å². The predicted octanol–water partition coefficient (Wildman–Crippen LogP) is 3.45. The van der Waals surface area contributed by atoms with E-state index in [4.69, 9.17) is 0 Å². The lowest BCUT2D eigenvalue weighted by atomic mass is 10.1. The minimum Gasteiger partial charge on any atom is -0.361 e. The largest absolute Gasteiger partial charge is 0.361 e. The summed E-state index contributed by atoms with van der Waals surface area (Å²) < 4.78 is 0. The standard InChI is InChI=1S/C18H16N2O/c21-18(14-8-4-7-13-9-10-19-17(13)14)20-16-11-15(16)12-5-2-1-3-6-12/h1-10,15-16,19H,11H2,(H,20,21). The normalized spacial score (nSPS) is 20.4. The molecule has 104 valence electrons. The van der Waals surface area contributed by atoms with Crippen LogP contribution >= 0.6 is 0 Å². The second-order valence-electron chi connectivity index (χ2n) is 5.58. The first kappa shape index (κ1) is 12.2. The number of nitrogens with one attached hydrogen (secondary N) is 2. The molecule has 0 saturated heterocycles. The summed E-state index contributed by atoms with van der Waals surface area (Å²) in [7, 11) is 0. The molecule has 0 spiro atoms. The third kappa shape index (κ3) is 2.21. The van der Waals surface area contributed by atoms with Crippen LogP contribution in [0.4, 0.5) is 0 Å². The summed E-state index contributed by atoms with van der Waals surface area (Å²) in [6, 6.07) is 18.4. The van der Waals surface area contributed by atoms with E-state index < -0.39 is 0 Å². The highest BCUT2D eigenvalue weighted by Crippen LogP contribution is 2.40. The molecular formula is C18H16N2O. The SMILES string of the molecule is O=C(NC1CC1c1ccccc1)c1cccc2cc[nH]c12. The highest BCUT2D eigenvalue weighted by atomic mass is 16.1. The van der Waals surface area contributed by atoms with Gasteiger partial charge in [-0.2, -0.15) is 0 Å². The smallest absolute Gasteiger partial charge is 0.253 e. The molecular weight excluding hydrogens is 260 g/mol. The van der Waals surface area contributed by atoms with Gasteiger partial charge in [0.1, 0.15) is 0 Å². The Morgan fingerprint density at radius 3 is 2.76 bits per heavy atom. The van der Waals surface area contributed by atoms with Crippen molar-refractivity contribution in [1.82, 2.24) is 10.3 Å². The fourth-order valence-electron chi connectivity index (χ4n) is 2.94. The van der Waals surface area contributed by atoms with Crippen molar-refractivity contribution >= 4 is 16.8 Å². The van der Waals surface area contributed by atoms with Gasteiger partial charge in [0.25, 0.3) is 5.91 Å². The number of carbonyl (C=O) groups is 1. The Balaban J connectivity index is 1.51. The molecule has 0 aliphatic heterocycles. The Morgan fingerprint density at radius 2 is 1.90 bits per heavy atom. The summed E-state index contributed by atoms with van der Waals surface area (Å²) >= 11 is 0. The van der Waals surface area contributed by atoms with Gasteiger partial charge in [0.15, 0.2) is 0 Å². The Kier molecular flexibility index (Phi) is 2.78. The molecule has 4 rings (SSSR count). The average molecular weight is 276 g/mol. The average Bonchev–Trinajstić information content (AvgIpc) is 3.11. The predicted molar refractivity (Wildman–Crippen MR) is 83.4 cm³/mol. The summed E-state index contributed by atoms with van der Waals surface area (Å²) in [6.07, 6.45) is 2.89. The third-order valence-electron chi connectivity index (χ3n) is 4.17. The fourth-order valence-corrected chi connectivity index (χ4v) is 2.94. The van der Waals surface area contributed by atoms with Gasteiger partial charge in [-0.3, -0.25) is 4.79 Å². The van der Waals surface area contributed by atoms with Crippen molar-refractivity contribution in [3.05, 3.63) is 71.9 Å². The lowest BCUT2D eigenvalue weighted by Gasteiger charge is -2.06. The number of fused-ring (bicyclic) bond motifs is 1. The second kappa shape index (κ2) is 4.77. The van der Waals surface area contributed by atoms with Crippen LogP contribution in [0, 0.1) is 0 Å². The molecule has 0 bridgehead atoms. The molecule has 1 heterocycles. The van der Waals surface area contributed by atoms with Gasteiger partial charge in [-0.05, 0) is 24.1 Å². The van der Waals surface area contributed by atoms with Crippen molar-refractivity contribution in [1.29, 1.82) is 0 Å². The zero-order valence-corrected chi connectivity index (χ0v) is 11.5. The maximum atomic E-state index is 12.5. The number of aromatic nitrogens is 1. The third-order valence-corrected chi connectivity index (χ3v) is 4.17. The van der Waals surface area contributed by atoms with Crippen LogP contribution < -0.4 is 5.32 Å². The molecule has 3 nitrogen and oxygen atoms in total. The number of H-pyrrole nitrogens is 1. The molecule has 1 fully saturated rings. The number of carbonyl (C=O) groups excluding carboxylic acids is 1. The molecule has 3 heteroatoms. The molecule has 2 aromatic carbocycles. The number of hydrogen-bond acceptors (Lipinski definition) is 1. The monoisotopic (exact) mass is 276 g/mol. The first-order valence-corrected chi connectivity index (χ1v) is 7.25. The molecule has 21 heavy (non-hydrogen) atoms. The van der Waals surface area contributed by atoms with Gasteiger partial charge in [-0.25, -0.2) is 0 Å². The second-order valence-corrected chi connectivity index (χ2v) is 5.58. The quantitative estimate of drug-likeness (QED) is 0.756. The minimum absolute atomic E-state index is 0.00600. The first-order chi connectivity index (χ1) is 10.3. The van der Waals surface area contributed by atoms with Gasteiger partial charge in [-0.1, -0.05) is 42.5 Å². The molecule has 2 unspecified atom stereocenters. The minimum atomic E-state index is 0.00600. The number of para-hydroxylation sites is 1. The maximum Gasteiger partial charge on any atom is 0.253 e. The number of amides is 1. The van der Waals surface area contributed by atoms with E-state index in [1.807, 2.05) is 48.7 Å². The van der Waals surface area contributed by atoms with Gasteiger partial charge in [0.2, 0.25) is 0 Å². The first-order valence-electron chi connectivity index (χ1n) is 7.25. The van der Waals surface area contributed by atoms with E-state index >= 15 is 0 Å². The topological polar surface area (TPSA) is 44.9 Å². The number of hydrogen-bond donors (Lipinski definition) is 2. The van der Waals surface area contributed by atoms with E-state index in [0.29, 0.717) is 5.92 Å². The molecule has 2 atom stereocenters. The lowest BCUT2D eigenvalue weighted by molar-refractivity contribution is 0.0952. The van der Waals surface area contributed by atoms with Crippen molar-refractivity contribution in [2.24, 2.45) is 0 Å². The van der Waals surface area contributed by atoms with Gasteiger partial charge in [0, 0.05) is 23.5 Å². The van der Waals surface area contributed by atoms with Crippen LogP contribution in [0.3, 0.4) is 0 Å². The lowest BCUT2D eigenvalue weighted by Crippen LogP contribution is -2.26. The Labute approximate surface area is 123 Å². The molecule has 2 N–H and O–H groups in total. The van der Waals surface area contributed by atoms with Crippen LogP contribution in [-0.4, -0.2) is 16.9 Å². The van der Waals surface area contributed by atoms with E-state index in [9.17, 15) is 4.79 Å². The highest BCUT2D eigenvalue weighted by molar-refractivity contribution is 6.05. The van der Waals surface area contributed by atoms with Crippen LogP contribution in [0.15, 0.2) is 60.8 Å². The summed E-state index contributed by atoms with van der Waals surface area (Å²) in [4.78, 5) is 15.6. The van der Waals surface area contributed by atoms with Gasteiger partial charge in [0.05, 0.1) is 11.1 Å². The van der Waals surface area contributed by atoms with Crippen LogP contribution in [0.1, 0.15) is 28.3 Å². The molecule has 1 aliphatic rings. The summed E-state index contributed by atoms with van der Waals surface area (Å²) in [6.45, 7) is 0. The van der Waals surface area contributed by atoms with E-state index in [2.05, 4.69) is 22.4 Å². The summed E-state index contributed by atoms with van der Waals surface area (Å²) in [5.41, 5.74) is 2.93. The molecule has 3 aromatic rings. The summed E-state index contributed by atoms with van der Waals surface area (Å²) in [5, 5.41) is 4.21. The molecule has 1 aliphatic carbocycles. The van der Waals surface area contributed by atoms with Crippen molar-refractivity contribution < 1.29 is 4.79 Å². The van der Waals surface area contributed by atoms with E-state index in [1.54, 1.807) is 0 Å². The van der Waals surface area contributed by atoms with Crippen LogP contribution in [0.25, 0.3) is 10.9 Å². The van der Waals surface area contributed by atoms with Crippen molar-refractivity contribution in [3.8, 4) is 0 Å². The van der Waals surface area contributed by atoms with Gasteiger partial charge in [-0.15, -0.1) is 0 Å². The number of benzene rings is 2. The Bertz CT molecular complexity index is 791. The molecule has 1 saturated carbocycles. The molecule has 1 aromatic heterocycles. The van der Waals surface area contributed by atoms with Crippen molar-refractivity contribution in [2.75, 3.05) is 0 Å². The zero-order chi connectivity index (χ0) is 14.2. The Hall–Kier alpha value is -2.55. The highest BCUT2D eigenvalue weighted by Gasteiger charge is 2.39. The van der Waals surface area contributed by atoms with Gasteiger partial charge >= 0.3 is 0 Å². The number of rotatable bonds is 3. The summed E-state index contributed by atoms with van der Waals surface area (Å²) in [5.74, 6) is 0.462. The van der Waals surface area contributed by atoms with Gasteiger partial charge < -0.3 is 10.3 Å².